The molecule has 1 aromatic carbocycles. The Morgan fingerprint density at radius 1 is 1.48 bits per heavy atom. The van der Waals surface area contributed by atoms with Crippen molar-refractivity contribution in [3.05, 3.63) is 39.9 Å². The average Bonchev–Trinajstić information content (AvgIpc) is 2.95. The number of amides is 1. The summed E-state index contributed by atoms with van der Waals surface area (Å²) >= 11 is 0. The van der Waals surface area contributed by atoms with Crippen LogP contribution in [0.4, 0.5) is 10.5 Å². The van der Waals surface area contributed by atoms with Crippen molar-refractivity contribution in [2.75, 3.05) is 19.7 Å². The number of nitrogens with zero attached hydrogens (tertiary/aromatic N) is 2. The number of nitro benzene ring substituents is 1. The fraction of sp³-hybridized carbons (Fsp3) is 0.533. The van der Waals surface area contributed by atoms with Crippen LogP contribution in [0.3, 0.4) is 0 Å². The third-order valence-corrected chi connectivity index (χ3v) is 3.63. The lowest BCUT2D eigenvalue weighted by Gasteiger charge is -2.23. The van der Waals surface area contributed by atoms with Gasteiger partial charge in [0, 0.05) is 25.1 Å². The Bertz CT molecular complexity index is 547. The lowest BCUT2D eigenvalue weighted by atomic mass is 10.2. The van der Waals surface area contributed by atoms with Crippen LogP contribution in [-0.2, 0) is 16.1 Å². The number of nitro groups is 1. The van der Waals surface area contributed by atoms with Gasteiger partial charge in [0.05, 0.1) is 30.3 Å². The van der Waals surface area contributed by atoms with Crippen molar-refractivity contribution in [1.29, 1.82) is 0 Å². The van der Waals surface area contributed by atoms with E-state index in [0.717, 1.165) is 0 Å². The van der Waals surface area contributed by atoms with Gasteiger partial charge >= 0.3 is 6.09 Å². The number of non-ortho nitro benzene ring substituents is 1. The molecular weight excluding hydrogens is 304 g/mol. The minimum absolute atomic E-state index is 0.00722. The number of carbonyl (C=O) groups excluding carboxylic acids is 1. The molecule has 1 aliphatic rings. The fourth-order valence-electron chi connectivity index (χ4n) is 2.34. The van der Waals surface area contributed by atoms with Crippen molar-refractivity contribution in [3.8, 4) is 0 Å². The molecule has 1 N–H and O–H groups in total. The lowest BCUT2D eigenvalue weighted by molar-refractivity contribution is -0.384. The van der Waals surface area contributed by atoms with E-state index in [4.69, 9.17) is 9.47 Å². The summed E-state index contributed by atoms with van der Waals surface area (Å²) in [6.07, 6.45) is -0.630. The molecule has 1 saturated heterocycles. The SMILES string of the molecule is CCN(C[C@H]1C[C@@H](O)CO1)C(=O)OCc1ccc([N+](=O)[O-])cc1. The molecule has 8 heteroatoms. The number of aliphatic hydroxyl groups excluding tert-OH is 1. The van der Waals surface area contributed by atoms with E-state index in [1.165, 1.54) is 17.0 Å². The molecule has 0 aromatic heterocycles. The molecule has 0 radical (unpaired) electrons. The summed E-state index contributed by atoms with van der Waals surface area (Å²) in [4.78, 5) is 23.7. The van der Waals surface area contributed by atoms with Gasteiger partial charge in [0.15, 0.2) is 0 Å². The van der Waals surface area contributed by atoms with Gasteiger partial charge in [0.1, 0.15) is 6.61 Å². The van der Waals surface area contributed by atoms with E-state index in [2.05, 4.69) is 0 Å². The average molecular weight is 324 g/mol. The van der Waals surface area contributed by atoms with Gasteiger partial charge < -0.3 is 19.5 Å². The van der Waals surface area contributed by atoms with E-state index in [1.54, 1.807) is 12.1 Å². The van der Waals surface area contributed by atoms with Gasteiger partial charge in [-0.25, -0.2) is 4.79 Å². The number of hydrogen-bond donors (Lipinski definition) is 1. The predicted molar refractivity (Wildman–Crippen MR) is 80.9 cm³/mol. The molecule has 8 nitrogen and oxygen atoms in total. The number of hydrogen-bond acceptors (Lipinski definition) is 6. The molecule has 0 unspecified atom stereocenters. The van der Waals surface area contributed by atoms with E-state index in [9.17, 15) is 20.0 Å². The highest BCUT2D eigenvalue weighted by Gasteiger charge is 2.27. The molecule has 126 valence electrons. The summed E-state index contributed by atoms with van der Waals surface area (Å²) in [5.41, 5.74) is 0.666. The number of carbonyl (C=O) groups is 1. The van der Waals surface area contributed by atoms with Crippen LogP contribution < -0.4 is 0 Å². The van der Waals surface area contributed by atoms with Gasteiger partial charge in [0.2, 0.25) is 0 Å². The third-order valence-electron chi connectivity index (χ3n) is 3.63. The number of likely N-dealkylation sites (N-methyl/N-ethyl adjacent to an activating group) is 1. The molecule has 1 fully saturated rings. The van der Waals surface area contributed by atoms with Crippen LogP contribution in [0.2, 0.25) is 0 Å². The maximum atomic E-state index is 12.1. The summed E-state index contributed by atoms with van der Waals surface area (Å²) in [6, 6.07) is 5.85. The summed E-state index contributed by atoms with van der Waals surface area (Å²) < 4.78 is 10.6. The normalized spacial score (nSPS) is 20.3. The van der Waals surface area contributed by atoms with Crippen LogP contribution in [0.1, 0.15) is 18.9 Å². The summed E-state index contributed by atoms with van der Waals surface area (Å²) in [5, 5.41) is 20.0. The monoisotopic (exact) mass is 324 g/mol. The fourth-order valence-corrected chi connectivity index (χ4v) is 2.34. The Morgan fingerprint density at radius 2 is 2.17 bits per heavy atom. The Kier molecular flexibility index (Phi) is 5.89. The summed E-state index contributed by atoms with van der Waals surface area (Å²) in [5.74, 6) is 0. The Labute approximate surface area is 133 Å². The summed E-state index contributed by atoms with van der Waals surface area (Å²) in [6.45, 7) is 3.00. The molecule has 1 amide bonds. The van der Waals surface area contributed by atoms with Gasteiger partial charge in [-0.3, -0.25) is 10.1 Å². The topological polar surface area (TPSA) is 102 Å². The van der Waals surface area contributed by atoms with Gasteiger partial charge in [-0.05, 0) is 24.6 Å². The van der Waals surface area contributed by atoms with Crippen molar-refractivity contribution in [3.63, 3.8) is 0 Å². The predicted octanol–water partition coefficient (Wildman–Crippen LogP) is 1.70. The van der Waals surface area contributed by atoms with E-state index in [1.807, 2.05) is 6.92 Å². The van der Waals surface area contributed by atoms with Gasteiger partial charge in [0.25, 0.3) is 5.69 Å². The molecule has 2 rings (SSSR count). The lowest BCUT2D eigenvalue weighted by Crippen LogP contribution is -2.37. The van der Waals surface area contributed by atoms with Crippen LogP contribution in [0.15, 0.2) is 24.3 Å². The van der Waals surface area contributed by atoms with Crippen molar-refractivity contribution in [2.45, 2.75) is 32.2 Å². The zero-order valence-corrected chi connectivity index (χ0v) is 12.9. The Hall–Kier alpha value is -2.19. The first-order valence-corrected chi connectivity index (χ1v) is 7.44. The Morgan fingerprint density at radius 3 is 2.70 bits per heavy atom. The number of aliphatic hydroxyl groups is 1. The van der Waals surface area contributed by atoms with Gasteiger partial charge in [-0.1, -0.05) is 0 Å². The first-order chi connectivity index (χ1) is 11.0. The zero-order valence-electron chi connectivity index (χ0n) is 12.9. The maximum Gasteiger partial charge on any atom is 0.410 e. The molecular formula is C15H20N2O6. The second-order valence-electron chi connectivity index (χ2n) is 5.36. The second-order valence-corrected chi connectivity index (χ2v) is 5.36. The van der Waals surface area contributed by atoms with E-state index in [-0.39, 0.29) is 18.4 Å². The van der Waals surface area contributed by atoms with Crippen LogP contribution in [0.25, 0.3) is 0 Å². The van der Waals surface area contributed by atoms with Crippen molar-refractivity contribution in [1.82, 2.24) is 4.90 Å². The molecule has 0 saturated carbocycles. The van der Waals surface area contributed by atoms with Crippen LogP contribution >= 0.6 is 0 Å². The van der Waals surface area contributed by atoms with Gasteiger partial charge in [-0.15, -0.1) is 0 Å². The number of ether oxygens (including phenoxy) is 2. The molecule has 1 heterocycles. The third kappa shape index (κ3) is 4.90. The first kappa shape index (κ1) is 17.2. The standard InChI is InChI=1S/C15H20N2O6/c1-2-16(8-14-7-13(18)10-22-14)15(19)23-9-11-3-5-12(6-4-11)17(20)21/h3-6,13-14,18H,2,7-10H2,1H3/t13-,14-/m1/s1. The largest absolute Gasteiger partial charge is 0.445 e. The molecule has 23 heavy (non-hydrogen) atoms. The van der Waals surface area contributed by atoms with E-state index in [0.29, 0.717) is 31.7 Å². The maximum absolute atomic E-state index is 12.1. The smallest absolute Gasteiger partial charge is 0.410 e. The van der Waals surface area contributed by atoms with Crippen LogP contribution in [0, 0.1) is 10.1 Å². The van der Waals surface area contributed by atoms with Crippen molar-refractivity contribution >= 4 is 11.8 Å². The highest BCUT2D eigenvalue weighted by Crippen LogP contribution is 2.16. The zero-order chi connectivity index (χ0) is 16.8. The highest BCUT2D eigenvalue weighted by atomic mass is 16.6. The second kappa shape index (κ2) is 7.89. The molecule has 0 aliphatic carbocycles. The molecule has 0 spiro atoms. The van der Waals surface area contributed by atoms with Gasteiger partial charge in [-0.2, -0.15) is 0 Å². The number of rotatable bonds is 6. The molecule has 0 bridgehead atoms. The first-order valence-electron chi connectivity index (χ1n) is 7.44. The quantitative estimate of drug-likeness (QED) is 0.631. The molecule has 2 atom stereocenters. The Balaban J connectivity index is 1.83. The minimum Gasteiger partial charge on any atom is -0.445 e. The van der Waals surface area contributed by atoms with Crippen molar-refractivity contribution < 1.29 is 24.3 Å². The minimum atomic E-state index is -0.482. The summed E-state index contributed by atoms with van der Waals surface area (Å²) in [7, 11) is 0. The van der Waals surface area contributed by atoms with Crippen molar-refractivity contribution in [2.24, 2.45) is 0 Å². The molecule has 1 aromatic rings. The van der Waals surface area contributed by atoms with E-state index >= 15 is 0 Å². The van der Waals surface area contributed by atoms with Crippen LogP contribution in [0.5, 0.6) is 0 Å². The highest BCUT2D eigenvalue weighted by molar-refractivity contribution is 5.67. The van der Waals surface area contributed by atoms with Crippen LogP contribution in [-0.4, -0.2) is 52.9 Å². The molecule has 1 aliphatic heterocycles. The number of benzene rings is 1. The van der Waals surface area contributed by atoms with E-state index < -0.39 is 17.1 Å².